The first-order chi connectivity index (χ1) is 11.2. The molecular formula is C18H23N5. The molecule has 0 N–H and O–H groups in total. The summed E-state index contributed by atoms with van der Waals surface area (Å²) in [6, 6.07) is 12.3. The maximum Gasteiger partial charge on any atom is 0.0995 e. The summed E-state index contributed by atoms with van der Waals surface area (Å²) >= 11 is 0. The molecule has 23 heavy (non-hydrogen) atoms. The van der Waals surface area contributed by atoms with Gasteiger partial charge in [0.2, 0.25) is 0 Å². The normalized spacial score (nSPS) is 18.4. The van der Waals surface area contributed by atoms with Gasteiger partial charge in [0.1, 0.15) is 0 Å². The lowest BCUT2D eigenvalue weighted by molar-refractivity contribution is 0.193. The van der Waals surface area contributed by atoms with Gasteiger partial charge in [0.05, 0.1) is 17.3 Å². The first-order valence-corrected chi connectivity index (χ1v) is 8.01. The number of hydrogen-bond donors (Lipinski definition) is 0. The summed E-state index contributed by atoms with van der Waals surface area (Å²) in [4.78, 5) is 4.67. The molecule has 2 aromatic rings. The van der Waals surface area contributed by atoms with Crippen LogP contribution in [0.25, 0.3) is 0 Å². The van der Waals surface area contributed by atoms with Gasteiger partial charge < -0.3 is 4.90 Å². The first-order valence-electron chi connectivity index (χ1n) is 8.01. The van der Waals surface area contributed by atoms with Crippen LogP contribution in [0.1, 0.15) is 16.8 Å². The quantitative estimate of drug-likeness (QED) is 0.866. The van der Waals surface area contributed by atoms with Crippen molar-refractivity contribution in [3.63, 3.8) is 0 Å². The summed E-state index contributed by atoms with van der Waals surface area (Å²) < 4.78 is 2.13. The molecule has 0 spiro atoms. The fraction of sp³-hybridized carbons (Fsp3) is 0.444. The van der Waals surface area contributed by atoms with Crippen LogP contribution < -0.4 is 0 Å². The Balaban J connectivity index is 1.82. The second kappa shape index (κ2) is 6.95. The van der Waals surface area contributed by atoms with Crippen LogP contribution in [0.2, 0.25) is 0 Å². The Kier molecular flexibility index (Phi) is 4.75. The Labute approximate surface area is 137 Å². The lowest BCUT2D eigenvalue weighted by Gasteiger charge is -2.26. The van der Waals surface area contributed by atoms with Gasteiger partial charge in [0.25, 0.3) is 0 Å². The Hall–Kier alpha value is -2.16. The van der Waals surface area contributed by atoms with Gasteiger partial charge in [0, 0.05) is 44.8 Å². The third-order valence-corrected chi connectivity index (χ3v) is 4.29. The zero-order valence-corrected chi connectivity index (χ0v) is 13.8. The second-order valence-electron chi connectivity index (χ2n) is 6.57. The van der Waals surface area contributed by atoms with E-state index in [1.54, 1.807) is 0 Å². The van der Waals surface area contributed by atoms with Gasteiger partial charge in [-0.25, -0.2) is 0 Å². The van der Waals surface area contributed by atoms with E-state index >= 15 is 0 Å². The standard InChI is InChI=1S/C18H23N5/c1-21(2)10-15-11-22(14-18-7-8-20-23(18)12-15)13-17-6-4-3-5-16(17)9-19/h3-8,15H,10-14H2,1-2H3/t15-/m0/s1. The van der Waals surface area contributed by atoms with Crippen molar-refractivity contribution in [1.82, 2.24) is 19.6 Å². The Morgan fingerprint density at radius 3 is 2.87 bits per heavy atom. The van der Waals surface area contributed by atoms with E-state index in [4.69, 9.17) is 0 Å². The van der Waals surface area contributed by atoms with Crippen LogP contribution in [0, 0.1) is 17.2 Å². The Morgan fingerprint density at radius 1 is 1.26 bits per heavy atom. The molecule has 0 unspecified atom stereocenters. The molecule has 1 aliphatic rings. The topological polar surface area (TPSA) is 48.1 Å². The second-order valence-corrected chi connectivity index (χ2v) is 6.57. The fourth-order valence-corrected chi connectivity index (χ4v) is 3.38. The van der Waals surface area contributed by atoms with Gasteiger partial charge in [0.15, 0.2) is 0 Å². The highest BCUT2D eigenvalue weighted by Crippen LogP contribution is 2.20. The number of nitrogens with zero attached hydrogens (tertiary/aromatic N) is 5. The summed E-state index contributed by atoms with van der Waals surface area (Å²) in [6.07, 6.45) is 1.88. The molecule has 1 aliphatic heterocycles. The van der Waals surface area contributed by atoms with Crippen LogP contribution >= 0.6 is 0 Å². The van der Waals surface area contributed by atoms with Gasteiger partial charge in [-0.15, -0.1) is 0 Å². The minimum absolute atomic E-state index is 0.528. The smallest absolute Gasteiger partial charge is 0.0995 e. The predicted octanol–water partition coefficient (Wildman–Crippen LogP) is 1.95. The maximum atomic E-state index is 9.31. The molecule has 0 amide bonds. The molecule has 5 heteroatoms. The molecular weight excluding hydrogens is 286 g/mol. The molecule has 0 saturated carbocycles. The molecule has 1 atom stereocenters. The lowest BCUT2D eigenvalue weighted by atomic mass is 10.1. The number of benzene rings is 1. The van der Waals surface area contributed by atoms with E-state index < -0.39 is 0 Å². The van der Waals surface area contributed by atoms with Crippen molar-refractivity contribution >= 4 is 0 Å². The van der Waals surface area contributed by atoms with E-state index in [9.17, 15) is 5.26 Å². The Morgan fingerprint density at radius 2 is 2.09 bits per heavy atom. The van der Waals surface area contributed by atoms with Crippen molar-refractivity contribution in [1.29, 1.82) is 5.26 Å². The predicted molar refractivity (Wildman–Crippen MR) is 89.5 cm³/mol. The minimum Gasteiger partial charge on any atom is -0.309 e. The monoisotopic (exact) mass is 309 g/mol. The van der Waals surface area contributed by atoms with Gasteiger partial charge in [-0.05, 0) is 31.8 Å². The van der Waals surface area contributed by atoms with E-state index in [2.05, 4.69) is 51.9 Å². The number of nitriles is 1. The van der Waals surface area contributed by atoms with Crippen LogP contribution in [0.4, 0.5) is 0 Å². The van der Waals surface area contributed by atoms with E-state index in [0.29, 0.717) is 5.92 Å². The van der Waals surface area contributed by atoms with Crippen LogP contribution in [0.3, 0.4) is 0 Å². The molecule has 120 valence electrons. The number of hydrogen-bond acceptors (Lipinski definition) is 4. The van der Waals surface area contributed by atoms with Crippen LogP contribution in [0.5, 0.6) is 0 Å². The van der Waals surface area contributed by atoms with E-state index in [-0.39, 0.29) is 0 Å². The van der Waals surface area contributed by atoms with Gasteiger partial charge >= 0.3 is 0 Å². The van der Waals surface area contributed by atoms with E-state index in [0.717, 1.165) is 43.9 Å². The first kappa shape index (κ1) is 15.7. The number of aromatic nitrogens is 2. The maximum absolute atomic E-state index is 9.31. The molecule has 0 saturated heterocycles. The average molecular weight is 309 g/mol. The molecule has 3 rings (SSSR count). The third kappa shape index (κ3) is 3.79. The summed E-state index contributed by atoms with van der Waals surface area (Å²) in [5.74, 6) is 0.528. The van der Waals surface area contributed by atoms with Crippen LogP contribution in [-0.4, -0.2) is 46.8 Å². The number of fused-ring (bicyclic) bond motifs is 1. The number of rotatable bonds is 4. The van der Waals surface area contributed by atoms with Crippen molar-refractivity contribution < 1.29 is 0 Å². The molecule has 0 radical (unpaired) electrons. The van der Waals surface area contributed by atoms with Gasteiger partial charge in [-0.1, -0.05) is 18.2 Å². The summed E-state index contributed by atoms with van der Waals surface area (Å²) in [5, 5.41) is 13.8. The highest BCUT2D eigenvalue weighted by atomic mass is 15.3. The molecule has 1 aromatic heterocycles. The molecule has 5 nitrogen and oxygen atoms in total. The zero-order valence-electron chi connectivity index (χ0n) is 13.8. The van der Waals surface area contributed by atoms with Gasteiger partial charge in [-0.2, -0.15) is 10.4 Å². The molecule has 1 aromatic carbocycles. The molecule has 2 heterocycles. The van der Waals surface area contributed by atoms with E-state index in [1.165, 1.54) is 5.69 Å². The average Bonchev–Trinajstić information content (AvgIpc) is 2.87. The van der Waals surface area contributed by atoms with Gasteiger partial charge in [-0.3, -0.25) is 9.58 Å². The highest BCUT2D eigenvalue weighted by Gasteiger charge is 2.23. The Bertz CT molecular complexity index is 697. The third-order valence-electron chi connectivity index (χ3n) is 4.29. The van der Waals surface area contributed by atoms with Crippen molar-refractivity contribution in [2.75, 3.05) is 27.2 Å². The van der Waals surface area contributed by atoms with Crippen molar-refractivity contribution in [2.24, 2.45) is 5.92 Å². The molecule has 0 fully saturated rings. The SMILES string of the molecule is CN(C)C[C@H]1CN(Cc2ccccc2C#N)Cc2ccnn2C1. The summed E-state index contributed by atoms with van der Waals surface area (Å²) in [7, 11) is 4.23. The van der Waals surface area contributed by atoms with Crippen LogP contribution in [-0.2, 0) is 19.6 Å². The largest absolute Gasteiger partial charge is 0.309 e. The fourth-order valence-electron chi connectivity index (χ4n) is 3.38. The zero-order chi connectivity index (χ0) is 16.2. The summed E-state index contributed by atoms with van der Waals surface area (Å²) in [6.45, 7) is 4.69. The highest BCUT2D eigenvalue weighted by molar-refractivity contribution is 5.37. The summed E-state index contributed by atoms with van der Waals surface area (Å²) in [5.41, 5.74) is 3.13. The van der Waals surface area contributed by atoms with Crippen LogP contribution in [0.15, 0.2) is 36.5 Å². The van der Waals surface area contributed by atoms with Crippen molar-refractivity contribution in [3.05, 3.63) is 53.3 Å². The van der Waals surface area contributed by atoms with E-state index in [1.807, 2.05) is 24.4 Å². The molecule has 0 aliphatic carbocycles. The lowest BCUT2D eigenvalue weighted by Crippen LogP contribution is -2.33. The minimum atomic E-state index is 0.528. The van der Waals surface area contributed by atoms with Crippen molar-refractivity contribution in [3.8, 4) is 6.07 Å². The van der Waals surface area contributed by atoms with Crippen molar-refractivity contribution in [2.45, 2.75) is 19.6 Å². The molecule has 0 bridgehead atoms.